The van der Waals surface area contributed by atoms with E-state index in [0.29, 0.717) is 28.8 Å². The van der Waals surface area contributed by atoms with Gasteiger partial charge in [0, 0.05) is 23.1 Å². The number of aromatic nitrogens is 3. The minimum atomic E-state index is -0.489. The predicted molar refractivity (Wildman–Crippen MR) is 142 cm³/mol. The van der Waals surface area contributed by atoms with Gasteiger partial charge in [-0.2, -0.15) is 0 Å². The molecule has 10 nitrogen and oxygen atoms in total. The van der Waals surface area contributed by atoms with E-state index < -0.39 is 17.9 Å². The summed E-state index contributed by atoms with van der Waals surface area (Å²) in [5, 5.41) is 18.8. The fourth-order valence-electron chi connectivity index (χ4n) is 2.75. The van der Waals surface area contributed by atoms with Crippen LogP contribution in [0.2, 0.25) is 0 Å². The highest BCUT2D eigenvalue weighted by molar-refractivity contribution is 5.88. The summed E-state index contributed by atoms with van der Waals surface area (Å²) in [4.78, 5) is 34.5. The van der Waals surface area contributed by atoms with E-state index in [4.69, 9.17) is 4.74 Å². The molecule has 0 amide bonds. The largest absolute Gasteiger partial charge is 0.506 e. The van der Waals surface area contributed by atoms with Crippen LogP contribution in [0.25, 0.3) is 16.7 Å². The van der Waals surface area contributed by atoms with E-state index in [0.717, 1.165) is 16.6 Å². The van der Waals surface area contributed by atoms with Gasteiger partial charge in [0.05, 0.1) is 6.61 Å². The summed E-state index contributed by atoms with van der Waals surface area (Å²) in [5.74, 6) is -1.31. The van der Waals surface area contributed by atoms with Crippen LogP contribution in [0.4, 0.5) is 0 Å². The average Bonchev–Trinajstić information content (AvgIpc) is 3.31. The Morgan fingerprint density at radius 2 is 1.21 bits per heavy atom. The zero-order valence-corrected chi connectivity index (χ0v) is 21.7. The van der Waals surface area contributed by atoms with Gasteiger partial charge < -0.3 is 19.3 Å². The maximum Gasteiger partial charge on any atom is 0.333 e. The predicted octanol–water partition coefficient (Wildman–Crippen LogP) is 4.01. The van der Waals surface area contributed by atoms with Crippen LogP contribution in [0.3, 0.4) is 0 Å². The molecule has 0 aliphatic heterocycles. The van der Waals surface area contributed by atoms with Crippen LogP contribution in [-0.2, 0) is 35.0 Å². The average molecular weight is 522 g/mol. The molecule has 0 saturated heterocycles. The summed E-state index contributed by atoms with van der Waals surface area (Å²) in [7, 11) is 0. The fraction of sp³-hybridized carbons (Fsp3) is 0.250. The van der Waals surface area contributed by atoms with Crippen molar-refractivity contribution in [1.29, 1.82) is 0 Å². The van der Waals surface area contributed by atoms with Gasteiger partial charge in [0.15, 0.2) is 0 Å². The van der Waals surface area contributed by atoms with E-state index in [1.807, 2.05) is 24.3 Å². The van der Waals surface area contributed by atoms with E-state index in [1.54, 1.807) is 39.0 Å². The van der Waals surface area contributed by atoms with Crippen LogP contribution in [0.1, 0.15) is 26.3 Å². The molecule has 0 unspecified atom stereocenters. The minimum Gasteiger partial charge on any atom is -0.506 e. The summed E-state index contributed by atoms with van der Waals surface area (Å²) in [5.41, 5.74) is 3.88. The quantitative estimate of drug-likeness (QED) is 0.182. The SMILES string of the molecule is C=C(C)C(=O)OCCOC(=O)C(=C)C.C=C(C)C(=O)OCCc1ccc(O)c(-n2nc3ccccc3n2)c1. The van der Waals surface area contributed by atoms with E-state index in [-0.39, 0.29) is 25.6 Å². The second-order valence-electron chi connectivity index (χ2n) is 8.30. The molecule has 0 saturated carbocycles. The number of hydrogen-bond acceptors (Lipinski definition) is 9. The summed E-state index contributed by atoms with van der Waals surface area (Å²) in [6.07, 6.45) is 0.521. The molecule has 200 valence electrons. The third-order valence-electron chi connectivity index (χ3n) is 4.76. The van der Waals surface area contributed by atoms with Gasteiger partial charge in [0.2, 0.25) is 0 Å². The van der Waals surface area contributed by atoms with Crippen molar-refractivity contribution in [3.8, 4) is 11.4 Å². The lowest BCUT2D eigenvalue weighted by atomic mass is 10.1. The Labute approximate surface area is 220 Å². The van der Waals surface area contributed by atoms with Crippen molar-refractivity contribution in [1.82, 2.24) is 15.0 Å². The molecule has 0 atom stereocenters. The van der Waals surface area contributed by atoms with E-state index in [9.17, 15) is 19.5 Å². The minimum absolute atomic E-state index is 0.0325. The molecule has 38 heavy (non-hydrogen) atoms. The zero-order chi connectivity index (χ0) is 28.2. The third-order valence-corrected chi connectivity index (χ3v) is 4.76. The van der Waals surface area contributed by atoms with Crippen LogP contribution < -0.4 is 0 Å². The first-order valence-electron chi connectivity index (χ1n) is 11.6. The van der Waals surface area contributed by atoms with Gasteiger partial charge in [-0.3, -0.25) is 0 Å². The number of esters is 3. The number of hydrogen-bond donors (Lipinski definition) is 1. The van der Waals surface area contributed by atoms with Gasteiger partial charge in [-0.25, -0.2) is 14.4 Å². The number of carbonyl (C=O) groups excluding carboxylic acids is 3. The normalized spacial score (nSPS) is 10.1. The highest BCUT2D eigenvalue weighted by atomic mass is 16.6. The number of rotatable bonds is 10. The molecular formula is C28H31N3O7. The first-order valence-corrected chi connectivity index (χ1v) is 11.6. The summed E-state index contributed by atoms with van der Waals surface area (Å²) in [6, 6.07) is 12.6. The van der Waals surface area contributed by atoms with Gasteiger partial charge in [-0.05, 0) is 50.6 Å². The van der Waals surface area contributed by atoms with Crippen LogP contribution in [0, 0.1) is 0 Å². The van der Waals surface area contributed by atoms with Crippen LogP contribution in [-0.4, -0.2) is 57.8 Å². The Morgan fingerprint density at radius 1 is 0.763 bits per heavy atom. The van der Waals surface area contributed by atoms with E-state index in [2.05, 4.69) is 39.4 Å². The summed E-state index contributed by atoms with van der Waals surface area (Å²) >= 11 is 0. The second kappa shape index (κ2) is 14.1. The number of benzene rings is 2. The molecule has 3 rings (SSSR count). The zero-order valence-electron chi connectivity index (χ0n) is 21.7. The molecule has 0 spiro atoms. The molecule has 3 aromatic rings. The second-order valence-corrected chi connectivity index (χ2v) is 8.30. The van der Waals surface area contributed by atoms with Crippen LogP contribution in [0.5, 0.6) is 5.75 Å². The molecule has 0 radical (unpaired) electrons. The smallest absolute Gasteiger partial charge is 0.333 e. The molecule has 0 bridgehead atoms. The summed E-state index contributed by atoms with van der Waals surface area (Å²) in [6.45, 7) is 15.3. The number of phenols is 1. The maximum absolute atomic E-state index is 11.4. The van der Waals surface area contributed by atoms with Crippen molar-refractivity contribution in [3.05, 3.63) is 84.5 Å². The molecule has 0 aliphatic carbocycles. The van der Waals surface area contributed by atoms with Crippen molar-refractivity contribution >= 4 is 28.9 Å². The standard InChI is InChI=1S/C18H17N3O3.C10H14O4/c1-12(2)18(23)24-10-9-13-7-8-17(22)16(11-13)21-19-14-5-3-4-6-15(14)20-21;1-7(2)9(11)13-5-6-14-10(12)8(3)4/h3-8,11,22H,1,9-10H2,2H3;1,3,5-6H2,2,4H3. The number of aromatic hydroxyl groups is 1. The van der Waals surface area contributed by atoms with E-state index in [1.165, 1.54) is 4.80 Å². The summed E-state index contributed by atoms with van der Waals surface area (Å²) < 4.78 is 14.5. The van der Waals surface area contributed by atoms with Crippen LogP contribution in [0.15, 0.2) is 78.9 Å². The van der Waals surface area contributed by atoms with Gasteiger partial charge in [-0.1, -0.05) is 37.9 Å². The topological polar surface area (TPSA) is 130 Å². The lowest BCUT2D eigenvalue weighted by Gasteiger charge is -2.08. The molecule has 10 heteroatoms. The molecular weight excluding hydrogens is 490 g/mol. The monoisotopic (exact) mass is 521 g/mol. The molecule has 1 heterocycles. The highest BCUT2D eigenvalue weighted by Crippen LogP contribution is 2.23. The van der Waals surface area contributed by atoms with Gasteiger partial charge >= 0.3 is 17.9 Å². The Bertz CT molecular complexity index is 1300. The van der Waals surface area contributed by atoms with Crippen LogP contribution >= 0.6 is 0 Å². The molecule has 2 aromatic carbocycles. The van der Waals surface area contributed by atoms with Crippen molar-refractivity contribution in [3.63, 3.8) is 0 Å². The number of ether oxygens (including phenoxy) is 3. The van der Waals surface area contributed by atoms with Crippen molar-refractivity contribution in [2.45, 2.75) is 27.2 Å². The Morgan fingerprint density at radius 3 is 1.66 bits per heavy atom. The maximum atomic E-state index is 11.4. The van der Waals surface area contributed by atoms with Crippen molar-refractivity contribution < 1.29 is 33.7 Å². The van der Waals surface area contributed by atoms with Gasteiger partial charge in [0.25, 0.3) is 0 Å². The third kappa shape index (κ3) is 9.05. The first-order chi connectivity index (χ1) is 18.0. The molecule has 0 fully saturated rings. The fourth-order valence-corrected chi connectivity index (χ4v) is 2.75. The van der Waals surface area contributed by atoms with Gasteiger partial charge in [-0.15, -0.1) is 15.0 Å². The Hall–Kier alpha value is -4.73. The Kier molecular flexibility index (Phi) is 11.0. The van der Waals surface area contributed by atoms with E-state index >= 15 is 0 Å². The highest BCUT2D eigenvalue weighted by Gasteiger charge is 2.10. The molecule has 0 aliphatic rings. The lowest BCUT2D eigenvalue weighted by Crippen LogP contribution is -2.14. The first kappa shape index (κ1) is 29.5. The van der Waals surface area contributed by atoms with Crippen molar-refractivity contribution in [2.24, 2.45) is 0 Å². The Balaban J connectivity index is 0.000000312. The number of phenolic OH excluding ortho intramolecular Hbond substituents is 1. The van der Waals surface area contributed by atoms with Crippen molar-refractivity contribution in [2.75, 3.05) is 19.8 Å². The molecule has 1 N–H and O–H groups in total. The number of nitrogens with zero attached hydrogens (tertiary/aromatic N) is 3. The lowest BCUT2D eigenvalue weighted by molar-refractivity contribution is -0.147. The number of fused-ring (bicyclic) bond motifs is 1. The molecule has 1 aromatic heterocycles. The van der Waals surface area contributed by atoms with Gasteiger partial charge in [0.1, 0.15) is 35.7 Å². The number of carbonyl (C=O) groups is 3.